The van der Waals surface area contributed by atoms with Gasteiger partial charge in [-0.2, -0.15) is 0 Å². The summed E-state index contributed by atoms with van der Waals surface area (Å²) >= 11 is 0. The Morgan fingerprint density at radius 3 is 0.479 bits per heavy atom. The highest BCUT2D eigenvalue weighted by Crippen LogP contribution is 2.44. The van der Waals surface area contributed by atoms with E-state index in [1.807, 2.05) is 0 Å². The largest absolute Gasteiger partial charge is 0.756 e. The second-order valence-electron chi connectivity index (χ2n) is 15.3. The zero-order valence-corrected chi connectivity index (χ0v) is 62.3. The van der Waals surface area contributed by atoms with Crippen molar-refractivity contribution >= 4 is 93.9 Å². The van der Waals surface area contributed by atoms with Crippen LogP contribution in [0.3, 0.4) is 0 Å². The van der Waals surface area contributed by atoms with Gasteiger partial charge in [0.25, 0.3) is 93.9 Å². The predicted octanol–water partition coefficient (Wildman–Crippen LogP) is -4.07. The first-order valence-electron chi connectivity index (χ1n) is 25.6. The molecule has 0 aliphatic carbocycles. The number of aliphatic hydroxyl groups is 1. The van der Waals surface area contributed by atoms with Gasteiger partial charge in [-0.15, -0.1) is 0 Å². The molecule has 0 radical (unpaired) electrons. The zero-order chi connectivity index (χ0) is 76.2. The Morgan fingerprint density at radius 1 is 0.234 bits per heavy atom. The van der Waals surface area contributed by atoms with Crippen molar-refractivity contribution in [3.63, 3.8) is 0 Å². The number of phosphoric ester groups is 12. The molecular weight excluding hydrogens is 1550 g/mol. The lowest BCUT2D eigenvalue weighted by molar-refractivity contribution is -0.236. The van der Waals surface area contributed by atoms with Gasteiger partial charge in [-0.1, -0.05) is 20.8 Å². The second kappa shape index (κ2) is 58.6. The van der Waals surface area contributed by atoms with Crippen LogP contribution in [0.25, 0.3) is 0 Å². The van der Waals surface area contributed by atoms with Gasteiger partial charge >= 0.3 is 0 Å². The standard InChI is InChI=1S/C19H45O21P5.7C2H7O4P/c1-4-17(11-20)12-37-42(24,25)32-7-8-34-44(28,29)39-15-19(6-3)16-40-45(30,31)35-10-9-33-43(26,27)38-14-18(5-2)13-36-41(21,22)23;7*1-2-6-7(3,4)5/h17-20H,4-16H2,1-3H3,(H,24,25)(H,26,27)(H,28,29)(H,30,31)(H2,21,22,23);7*2H2,1H3,(H2,3,4,5)/p-12. The van der Waals surface area contributed by atoms with E-state index < -0.39 is 164 Å². The molecule has 49 nitrogen and oxygen atoms in total. The molecule has 0 bridgehead atoms. The number of hydrogen-bond acceptors (Lipinski definition) is 41. The Bertz CT molecular complexity index is 2200. The second-order valence-corrected chi connectivity index (χ2v) is 30.5. The van der Waals surface area contributed by atoms with E-state index >= 15 is 0 Å². The van der Waals surface area contributed by atoms with Gasteiger partial charge in [0, 0.05) is 24.4 Å². The highest BCUT2D eigenvalue weighted by molar-refractivity contribution is 7.48. The molecule has 15 unspecified atom stereocenters. The van der Waals surface area contributed by atoms with Crippen molar-refractivity contribution in [3.8, 4) is 0 Å². The van der Waals surface area contributed by atoms with E-state index in [2.05, 4.69) is 72.4 Å². The monoisotopic (exact) mass is 1630 g/mol. The van der Waals surface area contributed by atoms with Gasteiger partial charge in [-0.3, -0.25) is 54.8 Å². The van der Waals surface area contributed by atoms with Crippen molar-refractivity contribution in [2.75, 3.05) is 112 Å². The fourth-order valence-electron chi connectivity index (χ4n) is 3.74. The summed E-state index contributed by atoms with van der Waals surface area (Å²) in [6.45, 7) is 8.99. The molecule has 0 amide bonds. The third kappa shape index (κ3) is 109. The van der Waals surface area contributed by atoms with Gasteiger partial charge in [0.1, 0.15) is 0 Å². The van der Waals surface area contributed by atoms with Crippen molar-refractivity contribution in [2.45, 2.75) is 88.5 Å². The smallest absolute Gasteiger partial charge is 0.267 e. The van der Waals surface area contributed by atoms with Gasteiger partial charge in [0.05, 0.1) is 106 Å². The van der Waals surface area contributed by atoms with Crippen LogP contribution in [0.2, 0.25) is 0 Å². The third-order valence-corrected chi connectivity index (χ3v) is 16.0. The van der Waals surface area contributed by atoms with Crippen molar-refractivity contribution in [3.05, 3.63) is 0 Å². The first-order valence-corrected chi connectivity index (χ1v) is 43.4. The summed E-state index contributed by atoms with van der Waals surface area (Å²) in [5, 5.41) is 9.04. The van der Waals surface area contributed by atoms with Crippen LogP contribution < -0.4 is 58.7 Å². The fourth-order valence-corrected chi connectivity index (χ4v) is 9.49. The Hall–Kier alpha value is 1.28. The molecule has 9 N–H and O–H groups in total. The minimum atomic E-state index is -5.01. The lowest BCUT2D eigenvalue weighted by atomic mass is 10.1. The van der Waals surface area contributed by atoms with E-state index in [1.54, 1.807) is 20.8 Å². The molecule has 0 aromatic rings. The normalized spacial score (nSPS) is 19.8. The summed E-state index contributed by atoms with van der Waals surface area (Å²) in [7, 11) is -55.6. The van der Waals surface area contributed by atoms with E-state index in [0.717, 1.165) is 0 Å². The molecular formula is C33H82O49P12-12. The Labute approximate surface area is 541 Å². The summed E-state index contributed by atoms with van der Waals surface area (Å²) in [4.78, 5) is 188. The molecule has 0 heterocycles. The molecule has 0 aromatic carbocycles. The molecule has 0 rings (SSSR count). The SMILES string of the molecule is CCC(CO)COP(=O)([O-])OCCOP(=O)([O-])OCC(CC)COP(=O)([O-])OCCOP(=O)([O-])OCC(CC)COP(=O)([O-])O.CCOP(=O)([O-])O.CCOP(=O)([O-])O.CCOP(=O)([O-])O.CCOP(=O)([O-])O.CCOP(=O)([O-])O.CCOP(=O)([O-])O.CCOP(=O)([O-])O. The molecule has 0 saturated heterocycles. The summed E-state index contributed by atoms with van der Waals surface area (Å²) < 4.78 is 192. The van der Waals surface area contributed by atoms with E-state index in [9.17, 15) is 114 Å². The fraction of sp³-hybridized carbons (Fsp3) is 1.00. The molecule has 0 aromatic heterocycles. The van der Waals surface area contributed by atoms with Crippen LogP contribution in [0, 0.1) is 17.8 Å². The molecule has 0 saturated carbocycles. The van der Waals surface area contributed by atoms with Crippen molar-refractivity contribution in [1.29, 1.82) is 0 Å². The summed E-state index contributed by atoms with van der Waals surface area (Å²) in [5.41, 5.74) is 0. The van der Waals surface area contributed by atoms with Crippen molar-refractivity contribution in [1.82, 2.24) is 0 Å². The maximum Gasteiger partial charge on any atom is 0.267 e. The highest BCUT2D eigenvalue weighted by Gasteiger charge is 2.21. The van der Waals surface area contributed by atoms with E-state index in [1.165, 1.54) is 48.5 Å². The van der Waals surface area contributed by atoms with Crippen LogP contribution in [0.5, 0.6) is 0 Å². The average Bonchev–Trinajstić information content (AvgIpc) is 1.03. The minimum Gasteiger partial charge on any atom is -0.756 e. The molecule has 0 fully saturated rings. The maximum absolute atomic E-state index is 12.0. The van der Waals surface area contributed by atoms with E-state index in [0.29, 0.717) is 6.42 Å². The number of hydrogen-bond donors (Lipinski definition) is 9. The number of rotatable bonds is 43. The summed E-state index contributed by atoms with van der Waals surface area (Å²) in [6, 6.07) is 0. The van der Waals surface area contributed by atoms with Gasteiger partial charge in [0.15, 0.2) is 0 Å². The quantitative estimate of drug-likeness (QED) is 0.0207. The average molecular weight is 1630 g/mol. The Balaban J connectivity index is -0.000000198. The topological polar surface area (TPSA) is 811 Å². The van der Waals surface area contributed by atoms with Crippen molar-refractivity contribution in [2.24, 2.45) is 17.8 Å². The van der Waals surface area contributed by atoms with E-state index in [-0.39, 0.29) is 72.3 Å². The third-order valence-electron chi connectivity index (χ3n) is 7.55. The molecule has 0 spiro atoms. The highest BCUT2D eigenvalue weighted by atomic mass is 31.2. The van der Waals surface area contributed by atoms with Crippen molar-refractivity contribution < 1.29 is 230 Å². The van der Waals surface area contributed by atoms with Gasteiger partial charge < -0.3 is 175 Å². The number of aliphatic hydroxyl groups excluding tert-OH is 1. The number of phosphoric acid groups is 12. The molecule has 61 heteroatoms. The first-order chi connectivity index (χ1) is 42.1. The summed E-state index contributed by atoms with van der Waals surface area (Å²) in [5.74, 6) is -1.99. The van der Waals surface area contributed by atoms with Crippen LogP contribution in [0.4, 0.5) is 0 Å². The zero-order valence-electron chi connectivity index (χ0n) is 51.6. The van der Waals surface area contributed by atoms with Gasteiger partial charge in [0.2, 0.25) is 0 Å². The van der Waals surface area contributed by atoms with E-state index in [4.69, 9.17) is 44.3 Å². The molecule has 15 atom stereocenters. The predicted molar refractivity (Wildman–Crippen MR) is 292 cm³/mol. The van der Waals surface area contributed by atoms with Gasteiger partial charge in [-0.25, -0.2) is 0 Å². The lowest BCUT2D eigenvalue weighted by Crippen LogP contribution is -2.21. The van der Waals surface area contributed by atoms with Crippen LogP contribution in [-0.2, 0) is 127 Å². The first kappa shape index (κ1) is 111. The minimum absolute atomic E-state index is 0.0166. The summed E-state index contributed by atoms with van der Waals surface area (Å²) in [6.07, 6.45) is 0.830. The molecule has 94 heavy (non-hydrogen) atoms. The Kier molecular flexibility index (Phi) is 69.4. The van der Waals surface area contributed by atoms with Crippen LogP contribution >= 0.6 is 93.9 Å². The Morgan fingerprint density at radius 2 is 0.372 bits per heavy atom. The van der Waals surface area contributed by atoms with Crippen LogP contribution in [0.15, 0.2) is 0 Å². The van der Waals surface area contributed by atoms with Gasteiger partial charge in [-0.05, 0) is 67.7 Å². The molecule has 580 valence electrons. The maximum atomic E-state index is 12.0. The molecule has 0 aliphatic heterocycles. The molecule has 0 aliphatic rings. The van der Waals surface area contributed by atoms with Crippen LogP contribution in [0.1, 0.15) is 88.5 Å². The van der Waals surface area contributed by atoms with Crippen LogP contribution in [-0.4, -0.2) is 157 Å². The lowest BCUT2D eigenvalue weighted by Gasteiger charge is -2.29.